The minimum atomic E-state index is -0.460. The zero-order valence-corrected chi connectivity index (χ0v) is 14.6. The highest BCUT2D eigenvalue weighted by Crippen LogP contribution is 2.28. The summed E-state index contributed by atoms with van der Waals surface area (Å²) in [5.41, 5.74) is -0.460. The van der Waals surface area contributed by atoms with E-state index < -0.39 is 5.60 Å². The Morgan fingerprint density at radius 3 is 2.68 bits per heavy atom. The molecule has 0 aliphatic heterocycles. The van der Waals surface area contributed by atoms with Gasteiger partial charge in [-0.15, -0.1) is 10.2 Å². The molecule has 0 bridgehead atoms. The molecule has 1 aromatic rings. The van der Waals surface area contributed by atoms with Crippen LogP contribution < -0.4 is 10.6 Å². The molecule has 0 radical (unpaired) electrons. The van der Waals surface area contributed by atoms with Gasteiger partial charge in [0, 0.05) is 12.6 Å². The number of aryl methyl sites for hydroxylation is 1. The van der Waals surface area contributed by atoms with Crippen molar-refractivity contribution < 1.29 is 9.53 Å². The predicted octanol–water partition coefficient (Wildman–Crippen LogP) is 3.34. The highest BCUT2D eigenvalue weighted by molar-refractivity contribution is 7.15. The first kappa shape index (κ1) is 17.0. The van der Waals surface area contributed by atoms with Crippen molar-refractivity contribution in [2.75, 3.05) is 11.9 Å². The number of nitrogens with zero attached hydrogens (tertiary/aromatic N) is 2. The molecule has 2 atom stereocenters. The van der Waals surface area contributed by atoms with Crippen molar-refractivity contribution in [3.63, 3.8) is 0 Å². The van der Waals surface area contributed by atoms with Gasteiger partial charge in [-0.05, 0) is 46.5 Å². The molecular weight excluding hydrogens is 300 g/mol. The molecule has 1 aromatic heterocycles. The molecule has 2 rings (SSSR count). The van der Waals surface area contributed by atoms with Crippen LogP contribution >= 0.6 is 11.3 Å². The van der Waals surface area contributed by atoms with E-state index in [9.17, 15) is 4.79 Å². The molecule has 1 aliphatic rings. The second-order valence-corrected chi connectivity index (χ2v) is 7.99. The number of hydrogen-bond acceptors (Lipinski definition) is 6. The van der Waals surface area contributed by atoms with Crippen LogP contribution in [0.15, 0.2) is 0 Å². The van der Waals surface area contributed by atoms with E-state index in [2.05, 4.69) is 20.8 Å². The van der Waals surface area contributed by atoms with Crippen molar-refractivity contribution in [1.29, 1.82) is 0 Å². The zero-order valence-electron chi connectivity index (χ0n) is 13.8. The summed E-state index contributed by atoms with van der Waals surface area (Å²) < 4.78 is 5.29. The normalized spacial score (nSPS) is 22.2. The highest BCUT2D eigenvalue weighted by Gasteiger charge is 2.27. The summed E-state index contributed by atoms with van der Waals surface area (Å²) in [5, 5.41) is 16.4. The van der Waals surface area contributed by atoms with E-state index in [-0.39, 0.29) is 6.09 Å². The van der Waals surface area contributed by atoms with Crippen LogP contribution in [0.5, 0.6) is 0 Å². The predicted molar refractivity (Wildman–Crippen MR) is 88.3 cm³/mol. The minimum absolute atomic E-state index is 0.330. The van der Waals surface area contributed by atoms with E-state index in [1.54, 1.807) is 11.3 Å². The van der Waals surface area contributed by atoms with Gasteiger partial charge in [0.1, 0.15) is 10.6 Å². The molecule has 2 N–H and O–H groups in total. The zero-order chi connectivity index (χ0) is 16.2. The fourth-order valence-electron chi connectivity index (χ4n) is 2.68. The van der Waals surface area contributed by atoms with E-state index >= 15 is 0 Å². The number of carbonyl (C=O) groups is 1. The van der Waals surface area contributed by atoms with E-state index in [1.165, 1.54) is 12.8 Å². The van der Waals surface area contributed by atoms with Crippen molar-refractivity contribution >= 4 is 22.6 Å². The van der Waals surface area contributed by atoms with Gasteiger partial charge in [-0.3, -0.25) is 0 Å². The SMILES string of the molecule is Cc1nnc(NC2CCCCC2CNC(=O)OC(C)(C)C)s1. The maximum Gasteiger partial charge on any atom is 0.407 e. The molecular formula is C15H26N4O2S. The van der Waals surface area contributed by atoms with Crippen LogP contribution in [-0.2, 0) is 4.74 Å². The summed E-state index contributed by atoms with van der Waals surface area (Å²) in [4.78, 5) is 11.8. The third kappa shape index (κ3) is 5.44. The number of carbonyl (C=O) groups excluding carboxylic acids is 1. The molecule has 1 heterocycles. The topological polar surface area (TPSA) is 76.1 Å². The second-order valence-electron chi connectivity index (χ2n) is 6.80. The Labute approximate surface area is 136 Å². The lowest BCUT2D eigenvalue weighted by Gasteiger charge is -2.32. The van der Waals surface area contributed by atoms with Gasteiger partial charge >= 0.3 is 6.09 Å². The molecule has 22 heavy (non-hydrogen) atoms. The summed E-state index contributed by atoms with van der Waals surface area (Å²) in [6.07, 6.45) is 4.26. The van der Waals surface area contributed by atoms with Crippen LogP contribution in [0.2, 0.25) is 0 Å². The average molecular weight is 326 g/mol. The van der Waals surface area contributed by atoms with Crippen molar-refractivity contribution in [3.8, 4) is 0 Å². The summed E-state index contributed by atoms with van der Waals surface area (Å²) in [5.74, 6) is 0.394. The number of hydrogen-bond donors (Lipinski definition) is 2. The van der Waals surface area contributed by atoms with Crippen molar-refractivity contribution in [2.45, 2.75) is 65.0 Å². The van der Waals surface area contributed by atoms with Crippen molar-refractivity contribution in [2.24, 2.45) is 5.92 Å². The van der Waals surface area contributed by atoms with Crippen LogP contribution in [0.4, 0.5) is 9.93 Å². The molecule has 0 spiro atoms. The quantitative estimate of drug-likeness (QED) is 0.887. The molecule has 1 aliphatic carbocycles. The summed E-state index contributed by atoms with van der Waals surface area (Å²) in [6.45, 7) is 8.19. The molecule has 7 heteroatoms. The number of nitrogens with one attached hydrogen (secondary N) is 2. The van der Waals surface area contributed by atoms with Crippen LogP contribution in [0, 0.1) is 12.8 Å². The fourth-order valence-corrected chi connectivity index (χ4v) is 3.34. The Kier molecular flexibility index (Phi) is 5.61. The Morgan fingerprint density at radius 2 is 2.05 bits per heavy atom. The molecule has 6 nitrogen and oxygen atoms in total. The Morgan fingerprint density at radius 1 is 1.32 bits per heavy atom. The van der Waals surface area contributed by atoms with E-state index in [1.807, 2.05) is 27.7 Å². The lowest BCUT2D eigenvalue weighted by molar-refractivity contribution is 0.0514. The van der Waals surface area contributed by atoms with Crippen LogP contribution in [0.25, 0.3) is 0 Å². The molecule has 0 saturated heterocycles. The maximum absolute atomic E-state index is 11.8. The maximum atomic E-state index is 11.8. The Balaban J connectivity index is 1.85. The first-order valence-electron chi connectivity index (χ1n) is 7.87. The second kappa shape index (κ2) is 7.26. The lowest BCUT2D eigenvalue weighted by atomic mass is 9.84. The molecule has 124 valence electrons. The number of alkyl carbamates (subject to hydrolysis) is 1. The van der Waals surface area contributed by atoms with Gasteiger partial charge in [-0.1, -0.05) is 24.2 Å². The van der Waals surface area contributed by atoms with E-state index in [0.29, 0.717) is 18.5 Å². The number of amides is 1. The Bertz CT molecular complexity index is 498. The van der Waals surface area contributed by atoms with Gasteiger partial charge in [0.2, 0.25) is 5.13 Å². The Hall–Kier alpha value is -1.37. The summed E-state index contributed by atoms with van der Waals surface area (Å²) in [7, 11) is 0. The number of anilines is 1. The monoisotopic (exact) mass is 326 g/mol. The largest absolute Gasteiger partial charge is 0.444 e. The van der Waals surface area contributed by atoms with E-state index in [4.69, 9.17) is 4.74 Å². The summed E-state index contributed by atoms with van der Waals surface area (Å²) in [6, 6.07) is 0.330. The van der Waals surface area contributed by atoms with E-state index in [0.717, 1.165) is 23.0 Å². The molecule has 0 aromatic carbocycles. The van der Waals surface area contributed by atoms with Gasteiger partial charge in [0.05, 0.1) is 0 Å². The van der Waals surface area contributed by atoms with Crippen LogP contribution in [0.1, 0.15) is 51.5 Å². The number of ether oxygens (including phenoxy) is 1. The van der Waals surface area contributed by atoms with Crippen molar-refractivity contribution in [1.82, 2.24) is 15.5 Å². The van der Waals surface area contributed by atoms with Gasteiger partial charge in [-0.2, -0.15) is 0 Å². The highest BCUT2D eigenvalue weighted by atomic mass is 32.1. The molecule has 1 amide bonds. The number of aromatic nitrogens is 2. The first-order chi connectivity index (χ1) is 10.3. The van der Waals surface area contributed by atoms with Crippen molar-refractivity contribution in [3.05, 3.63) is 5.01 Å². The van der Waals surface area contributed by atoms with Gasteiger partial charge < -0.3 is 15.4 Å². The fraction of sp³-hybridized carbons (Fsp3) is 0.800. The first-order valence-corrected chi connectivity index (χ1v) is 8.68. The molecule has 2 unspecified atom stereocenters. The van der Waals surface area contributed by atoms with Crippen LogP contribution in [-0.4, -0.2) is 34.5 Å². The molecule has 1 fully saturated rings. The van der Waals surface area contributed by atoms with Gasteiger partial charge in [-0.25, -0.2) is 4.79 Å². The summed E-state index contributed by atoms with van der Waals surface area (Å²) >= 11 is 1.57. The van der Waals surface area contributed by atoms with Gasteiger partial charge in [0.15, 0.2) is 0 Å². The number of rotatable bonds is 4. The van der Waals surface area contributed by atoms with Crippen LogP contribution in [0.3, 0.4) is 0 Å². The third-order valence-corrected chi connectivity index (χ3v) is 4.42. The third-order valence-electron chi connectivity index (χ3n) is 3.65. The smallest absolute Gasteiger partial charge is 0.407 e. The average Bonchev–Trinajstić information content (AvgIpc) is 2.81. The molecule has 1 saturated carbocycles. The standard InChI is InChI=1S/C15H26N4O2S/c1-10-18-19-13(22-10)17-12-8-6-5-7-11(12)9-16-14(20)21-15(2,3)4/h11-12H,5-9H2,1-4H3,(H,16,20)(H,17,19). The van der Waals surface area contributed by atoms with Gasteiger partial charge in [0.25, 0.3) is 0 Å². The lowest BCUT2D eigenvalue weighted by Crippen LogP contribution is -2.42. The minimum Gasteiger partial charge on any atom is -0.444 e.